The first-order chi connectivity index (χ1) is 10.3. The predicted octanol–water partition coefficient (Wildman–Crippen LogP) is 4.26. The van der Waals surface area contributed by atoms with Crippen LogP contribution in [-0.4, -0.2) is 21.9 Å². The molecular formula is C16H16N2OS2. The molecule has 0 aliphatic rings. The predicted molar refractivity (Wildman–Crippen MR) is 88.4 cm³/mol. The molecule has 0 N–H and O–H groups in total. The van der Waals surface area contributed by atoms with Crippen molar-refractivity contribution in [2.75, 3.05) is 6.54 Å². The van der Waals surface area contributed by atoms with Gasteiger partial charge in [0.25, 0.3) is 5.91 Å². The van der Waals surface area contributed by atoms with Crippen LogP contribution in [0.4, 0.5) is 0 Å². The van der Waals surface area contributed by atoms with E-state index in [4.69, 9.17) is 0 Å². The largest absolute Gasteiger partial charge is 0.333 e. The van der Waals surface area contributed by atoms with Gasteiger partial charge in [0, 0.05) is 23.8 Å². The molecule has 3 aromatic rings. The van der Waals surface area contributed by atoms with Crippen molar-refractivity contribution in [2.24, 2.45) is 0 Å². The molecule has 3 heterocycles. The number of rotatable bonds is 5. The number of carbonyl (C=O) groups is 1. The molecule has 1 amide bonds. The van der Waals surface area contributed by atoms with E-state index in [0.717, 1.165) is 10.6 Å². The highest BCUT2D eigenvalue weighted by molar-refractivity contribution is 7.12. The highest BCUT2D eigenvalue weighted by Gasteiger charge is 2.20. The lowest BCUT2D eigenvalue weighted by atomic mass is 10.3. The fourth-order valence-electron chi connectivity index (χ4n) is 2.22. The lowest BCUT2D eigenvalue weighted by molar-refractivity contribution is 0.0759. The molecule has 0 aromatic carbocycles. The van der Waals surface area contributed by atoms with Gasteiger partial charge in [0.2, 0.25) is 0 Å². The molecule has 0 atom stereocenters. The molecule has 108 valence electrons. The molecule has 5 heteroatoms. The van der Waals surface area contributed by atoms with Gasteiger partial charge in [-0.15, -0.1) is 22.7 Å². The summed E-state index contributed by atoms with van der Waals surface area (Å²) < 4.78 is 1.99. The maximum atomic E-state index is 12.8. The lowest BCUT2D eigenvalue weighted by Crippen LogP contribution is -2.30. The number of hydrogen-bond donors (Lipinski definition) is 0. The summed E-state index contributed by atoms with van der Waals surface area (Å²) >= 11 is 3.19. The van der Waals surface area contributed by atoms with Gasteiger partial charge in [-0.2, -0.15) is 0 Å². The highest BCUT2D eigenvalue weighted by atomic mass is 32.1. The second kappa shape index (κ2) is 6.28. The van der Waals surface area contributed by atoms with Gasteiger partial charge >= 0.3 is 0 Å². The highest BCUT2D eigenvalue weighted by Crippen LogP contribution is 2.24. The van der Waals surface area contributed by atoms with Crippen LogP contribution in [-0.2, 0) is 6.54 Å². The van der Waals surface area contributed by atoms with Crippen molar-refractivity contribution in [1.82, 2.24) is 9.47 Å². The quantitative estimate of drug-likeness (QED) is 0.690. The Labute approximate surface area is 132 Å². The average Bonchev–Trinajstić information content (AvgIpc) is 3.25. The summed E-state index contributed by atoms with van der Waals surface area (Å²) in [5.41, 5.74) is 0.958. The van der Waals surface area contributed by atoms with Crippen LogP contribution in [0.5, 0.6) is 0 Å². The number of aromatic nitrogens is 1. The second-order valence-electron chi connectivity index (χ2n) is 4.62. The van der Waals surface area contributed by atoms with Crippen LogP contribution in [0.2, 0.25) is 0 Å². The van der Waals surface area contributed by atoms with E-state index in [1.165, 1.54) is 16.2 Å². The summed E-state index contributed by atoms with van der Waals surface area (Å²) in [7, 11) is 0. The zero-order valence-electron chi connectivity index (χ0n) is 11.7. The molecule has 21 heavy (non-hydrogen) atoms. The topological polar surface area (TPSA) is 25.2 Å². The zero-order valence-corrected chi connectivity index (χ0v) is 13.4. The minimum atomic E-state index is 0.101. The molecule has 0 aliphatic carbocycles. The number of amides is 1. The molecule has 0 spiro atoms. The molecule has 0 unspecified atom stereocenters. The summed E-state index contributed by atoms with van der Waals surface area (Å²) in [5, 5.41) is 4.02. The number of carbonyl (C=O) groups excluding carboxylic acids is 1. The van der Waals surface area contributed by atoms with Crippen molar-refractivity contribution in [2.45, 2.75) is 13.5 Å². The van der Waals surface area contributed by atoms with Gasteiger partial charge in [-0.1, -0.05) is 6.07 Å². The Kier molecular flexibility index (Phi) is 4.22. The summed E-state index contributed by atoms with van der Waals surface area (Å²) in [6, 6.07) is 10.0. The van der Waals surface area contributed by atoms with E-state index in [-0.39, 0.29) is 5.91 Å². The minimum Gasteiger partial charge on any atom is -0.333 e. The van der Waals surface area contributed by atoms with Crippen LogP contribution in [0.3, 0.4) is 0 Å². The first-order valence-corrected chi connectivity index (χ1v) is 8.58. The Morgan fingerprint density at radius 2 is 1.95 bits per heavy atom. The second-order valence-corrected chi connectivity index (χ2v) is 6.57. The summed E-state index contributed by atoms with van der Waals surface area (Å²) in [6.07, 6.45) is 3.93. The Hall–Kier alpha value is -1.85. The van der Waals surface area contributed by atoms with E-state index >= 15 is 0 Å². The fourth-order valence-corrected chi connectivity index (χ4v) is 3.80. The van der Waals surface area contributed by atoms with Crippen molar-refractivity contribution in [3.8, 4) is 5.69 Å². The molecule has 3 aromatic heterocycles. The van der Waals surface area contributed by atoms with Crippen LogP contribution in [0.15, 0.2) is 53.5 Å². The van der Waals surface area contributed by atoms with Crippen LogP contribution < -0.4 is 0 Å². The molecule has 0 radical (unpaired) electrons. The van der Waals surface area contributed by atoms with Crippen LogP contribution in [0.1, 0.15) is 21.5 Å². The average molecular weight is 316 g/mol. The van der Waals surface area contributed by atoms with Crippen molar-refractivity contribution >= 4 is 28.6 Å². The third kappa shape index (κ3) is 2.94. The number of hydrogen-bond acceptors (Lipinski definition) is 3. The summed E-state index contributed by atoms with van der Waals surface area (Å²) in [5.74, 6) is 0.101. The fraction of sp³-hybridized carbons (Fsp3) is 0.188. The van der Waals surface area contributed by atoms with Crippen LogP contribution >= 0.6 is 22.7 Å². The van der Waals surface area contributed by atoms with Crippen molar-refractivity contribution in [3.05, 3.63) is 63.2 Å². The monoisotopic (exact) mass is 316 g/mol. The Bertz CT molecular complexity index is 699. The molecule has 0 fully saturated rings. The Morgan fingerprint density at radius 3 is 2.62 bits per heavy atom. The molecule has 3 rings (SSSR count). The molecule has 0 bridgehead atoms. The van der Waals surface area contributed by atoms with E-state index < -0.39 is 0 Å². The SMILES string of the molecule is CCN(Cc1cccs1)C(=O)c1sccc1-n1cccc1. The van der Waals surface area contributed by atoms with Gasteiger partial charge in [-0.25, -0.2) is 0 Å². The van der Waals surface area contributed by atoms with E-state index in [9.17, 15) is 4.79 Å². The molecular weight excluding hydrogens is 300 g/mol. The lowest BCUT2D eigenvalue weighted by Gasteiger charge is -2.20. The van der Waals surface area contributed by atoms with Crippen molar-refractivity contribution in [1.29, 1.82) is 0 Å². The first-order valence-electron chi connectivity index (χ1n) is 6.82. The minimum absolute atomic E-state index is 0.101. The molecule has 0 saturated heterocycles. The van der Waals surface area contributed by atoms with Gasteiger partial charge in [-0.05, 0) is 41.9 Å². The van der Waals surface area contributed by atoms with E-state index in [0.29, 0.717) is 13.1 Å². The van der Waals surface area contributed by atoms with E-state index in [1.54, 1.807) is 11.3 Å². The summed E-state index contributed by atoms with van der Waals surface area (Å²) in [6.45, 7) is 3.41. The van der Waals surface area contributed by atoms with Gasteiger partial charge in [-0.3, -0.25) is 4.79 Å². The Balaban J connectivity index is 1.86. The van der Waals surface area contributed by atoms with Gasteiger partial charge in [0.15, 0.2) is 0 Å². The van der Waals surface area contributed by atoms with Crippen molar-refractivity contribution in [3.63, 3.8) is 0 Å². The normalized spacial score (nSPS) is 10.7. The van der Waals surface area contributed by atoms with Crippen LogP contribution in [0, 0.1) is 0 Å². The third-order valence-corrected chi connectivity index (χ3v) is 5.07. The maximum absolute atomic E-state index is 12.8. The van der Waals surface area contributed by atoms with Crippen LogP contribution in [0.25, 0.3) is 5.69 Å². The number of thiophene rings is 2. The summed E-state index contributed by atoms with van der Waals surface area (Å²) in [4.78, 5) is 16.7. The van der Waals surface area contributed by atoms with E-state index in [2.05, 4.69) is 6.07 Å². The molecule has 0 saturated carbocycles. The molecule has 0 aliphatic heterocycles. The third-order valence-electron chi connectivity index (χ3n) is 3.32. The molecule has 3 nitrogen and oxygen atoms in total. The smallest absolute Gasteiger partial charge is 0.266 e. The van der Waals surface area contributed by atoms with Gasteiger partial charge in [0.05, 0.1) is 12.2 Å². The van der Waals surface area contributed by atoms with E-state index in [1.807, 2.05) is 63.8 Å². The zero-order chi connectivity index (χ0) is 14.7. The van der Waals surface area contributed by atoms with Gasteiger partial charge in [0.1, 0.15) is 4.88 Å². The van der Waals surface area contributed by atoms with Crippen molar-refractivity contribution < 1.29 is 4.79 Å². The Morgan fingerprint density at radius 1 is 1.14 bits per heavy atom. The number of nitrogens with zero attached hydrogens (tertiary/aromatic N) is 2. The standard InChI is InChI=1S/C16H16N2OS2/c1-2-17(12-13-6-5-10-20-13)16(19)15-14(7-11-21-15)18-8-3-4-9-18/h3-11H,2,12H2,1H3. The van der Waals surface area contributed by atoms with Gasteiger partial charge < -0.3 is 9.47 Å². The maximum Gasteiger partial charge on any atom is 0.266 e. The first kappa shape index (κ1) is 14.1.